The van der Waals surface area contributed by atoms with Gasteiger partial charge in [-0.2, -0.15) is 0 Å². The van der Waals surface area contributed by atoms with Gasteiger partial charge >= 0.3 is 0 Å². The number of rotatable bonds is 7. The molecule has 0 saturated heterocycles. The molecule has 0 fully saturated rings. The molecule has 0 heterocycles. The Kier molecular flexibility index (Phi) is 6.61. The lowest BCUT2D eigenvalue weighted by molar-refractivity contribution is -0.384. The average Bonchev–Trinajstić information content (AvgIpc) is 2.55. The Morgan fingerprint density at radius 1 is 1.24 bits per heavy atom. The number of benzene rings is 2. The molecule has 1 amide bonds. The van der Waals surface area contributed by atoms with Gasteiger partial charge in [-0.3, -0.25) is 14.9 Å². The zero-order chi connectivity index (χ0) is 18.4. The van der Waals surface area contributed by atoms with Gasteiger partial charge in [0.1, 0.15) is 5.75 Å². The van der Waals surface area contributed by atoms with Gasteiger partial charge in [-0.1, -0.05) is 23.2 Å². The number of non-ortho nitro benzene ring substituents is 1. The van der Waals surface area contributed by atoms with E-state index in [2.05, 4.69) is 5.32 Å². The molecule has 0 atom stereocenters. The van der Waals surface area contributed by atoms with Crippen LogP contribution in [-0.2, 0) is 4.79 Å². The molecule has 0 aromatic heterocycles. The van der Waals surface area contributed by atoms with Crippen molar-refractivity contribution in [3.63, 3.8) is 0 Å². The smallest absolute Gasteiger partial charge is 0.269 e. The summed E-state index contributed by atoms with van der Waals surface area (Å²) in [4.78, 5) is 22.2. The van der Waals surface area contributed by atoms with E-state index in [4.69, 9.17) is 27.9 Å². The van der Waals surface area contributed by atoms with E-state index in [9.17, 15) is 14.9 Å². The van der Waals surface area contributed by atoms with Crippen LogP contribution in [-0.4, -0.2) is 17.4 Å². The SMILES string of the molecule is Cc1cc([N+](=O)[O-])ccc1NC(=O)CCCOc1ccc(Cl)cc1Cl. The normalized spacial score (nSPS) is 10.4. The molecule has 0 radical (unpaired) electrons. The molecule has 0 aliphatic rings. The Balaban J connectivity index is 1.80. The molecule has 2 aromatic carbocycles. The van der Waals surface area contributed by atoms with Crippen molar-refractivity contribution < 1.29 is 14.5 Å². The number of anilines is 1. The van der Waals surface area contributed by atoms with E-state index in [1.54, 1.807) is 25.1 Å². The van der Waals surface area contributed by atoms with Crippen LogP contribution in [0.1, 0.15) is 18.4 Å². The van der Waals surface area contributed by atoms with E-state index in [1.807, 2.05) is 0 Å². The van der Waals surface area contributed by atoms with E-state index >= 15 is 0 Å². The number of hydrogen-bond donors (Lipinski definition) is 1. The standard InChI is InChI=1S/C17H16Cl2N2O4/c1-11-9-13(21(23)24)5-6-15(11)20-17(22)3-2-8-25-16-7-4-12(18)10-14(16)19/h4-7,9-10H,2-3,8H2,1H3,(H,20,22). The van der Waals surface area contributed by atoms with Gasteiger partial charge in [-0.15, -0.1) is 0 Å². The van der Waals surface area contributed by atoms with Crippen LogP contribution < -0.4 is 10.1 Å². The number of nitrogens with zero attached hydrogens (tertiary/aromatic N) is 1. The zero-order valence-electron chi connectivity index (χ0n) is 13.4. The molecule has 0 bridgehead atoms. The average molecular weight is 383 g/mol. The fourth-order valence-corrected chi connectivity index (χ4v) is 2.58. The number of nitro benzene ring substituents is 1. The van der Waals surface area contributed by atoms with Gasteiger partial charge in [-0.05, 0) is 43.2 Å². The van der Waals surface area contributed by atoms with E-state index in [0.29, 0.717) is 40.1 Å². The second-order valence-electron chi connectivity index (χ2n) is 5.33. The zero-order valence-corrected chi connectivity index (χ0v) is 14.9. The Hall–Kier alpha value is -2.31. The van der Waals surface area contributed by atoms with Crippen LogP contribution in [0.5, 0.6) is 5.75 Å². The van der Waals surface area contributed by atoms with Crippen LogP contribution in [0.3, 0.4) is 0 Å². The van der Waals surface area contributed by atoms with Crippen molar-refractivity contribution in [1.82, 2.24) is 0 Å². The highest BCUT2D eigenvalue weighted by Crippen LogP contribution is 2.27. The maximum Gasteiger partial charge on any atom is 0.269 e. The van der Waals surface area contributed by atoms with E-state index < -0.39 is 4.92 Å². The molecule has 0 spiro atoms. The quantitative estimate of drug-likeness (QED) is 0.414. The molecule has 25 heavy (non-hydrogen) atoms. The number of halogens is 2. The van der Waals surface area contributed by atoms with Gasteiger partial charge in [0.05, 0.1) is 16.6 Å². The minimum Gasteiger partial charge on any atom is -0.492 e. The topological polar surface area (TPSA) is 81.5 Å². The lowest BCUT2D eigenvalue weighted by Crippen LogP contribution is -2.13. The lowest BCUT2D eigenvalue weighted by Gasteiger charge is -2.10. The van der Waals surface area contributed by atoms with Crippen LogP contribution in [0, 0.1) is 17.0 Å². The first kappa shape index (κ1) is 19.0. The van der Waals surface area contributed by atoms with Gasteiger partial charge < -0.3 is 10.1 Å². The third-order valence-electron chi connectivity index (χ3n) is 3.39. The van der Waals surface area contributed by atoms with Gasteiger partial charge in [0.15, 0.2) is 0 Å². The van der Waals surface area contributed by atoms with Gasteiger partial charge in [0, 0.05) is 29.3 Å². The van der Waals surface area contributed by atoms with Crippen molar-refractivity contribution in [2.45, 2.75) is 19.8 Å². The summed E-state index contributed by atoms with van der Waals surface area (Å²) in [6, 6.07) is 9.23. The number of carbonyl (C=O) groups excluding carboxylic acids is 1. The largest absolute Gasteiger partial charge is 0.492 e. The Bertz CT molecular complexity index is 796. The molecule has 0 aliphatic carbocycles. The predicted octanol–water partition coefficient (Wildman–Crippen LogP) is 5.01. The van der Waals surface area contributed by atoms with Crippen molar-refractivity contribution in [1.29, 1.82) is 0 Å². The van der Waals surface area contributed by atoms with E-state index in [0.717, 1.165) is 0 Å². The number of aryl methyl sites for hydroxylation is 1. The molecule has 1 N–H and O–H groups in total. The van der Waals surface area contributed by atoms with Crippen molar-refractivity contribution >= 4 is 40.5 Å². The first-order valence-electron chi connectivity index (χ1n) is 7.49. The van der Waals surface area contributed by atoms with Crippen molar-refractivity contribution in [2.24, 2.45) is 0 Å². The minimum absolute atomic E-state index is 0.0104. The third-order valence-corrected chi connectivity index (χ3v) is 3.93. The molecule has 0 saturated carbocycles. The predicted molar refractivity (Wildman–Crippen MR) is 97.7 cm³/mol. The van der Waals surface area contributed by atoms with Crippen LogP contribution in [0.2, 0.25) is 10.0 Å². The van der Waals surface area contributed by atoms with E-state index in [-0.39, 0.29) is 18.0 Å². The summed E-state index contributed by atoms with van der Waals surface area (Å²) < 4.78 is 5.51. The van der Waals surface area contributed by atoms with Crippen molar-refractivity contribution in [2.75, 3.05) is 11.9 Å². The number of hydrogen-bond acceptors (Lipinski definition) is 4. The first-order chi connectivity index (χ1) is 11.9. The number of amides is 1. The van der Waals surface area contributed by atoms with Crippen LogP contribution in [0.25, 0.3) is 0 Å². The summed E-state index contributed by atoms with van der Waals surface area (Å²) in [7, 11) is 0. The second-order valence-corrected chi connectivity index (χ2v) is 6.17. The van der Waals surface area contributed by atoms with Crippen molar-refractivity contribution in [3.05, 3.63) is 62.1 Å². The molecule has 2 aromatic rings. The van der Waals surface area contributed by atoms with Crippen LogP contribution in [0.4, 0.5) is 11.4 Å². The van der Waals surface area contributed by atoms with E-state index in [1.165, 1.54) is 18.2 Å². The molecule has 0 aliphatic heterocycles. The number of ether oxygens (including phenoxy) is 1. The molecular formula is C17H16Cl2N2O4. The Labute approximate surface area is 154 Å². The highest BCUT2D eigenvalue weighted by Gasteiger charge is 2.10. The molecule has 8 heteroatoms. The highest BCUT2D eigenvalue weighted by atomic mass is 35.5. The lowest BCUT2D eigenvalue weighted by atomic mass is 10.1. The highest BCUT2D eigenvalue weighted by molar-refractivity contribution is 6.35. The molecule has 132 valence electrons. The molecule has 0 unspecified atom stereocenters. The van der Waals surface area contributed by atoms with Gasteiger partial charge in [0.25, 0.3) is 5.69 Å². The fraction of sp³-hybridized carbons (Fsp3) is 0.235. The molecular weight excluding hydrogens is 367 g/mol. The maximum atomic E-state index is 12.0. The Morgan fingerprint density at radius 2 is 2.00 bits per heavy atom. The first-order valence-corrected chi connectivity index (χ1v) is 8.25. The number of nitro groups is 1. The summed E-state index contributed by atoms with van der Waals surface area (Å²) in [6.45, 7) is 2.03. The molecule has 6 nitrogen and oxygen atoms in total. The summed E-state index contributed by atoms with van der Waals surface area (Å²) >= 11 is 11.8. The molecule has 2 rings (SSSR count). The second kappa shape index (κ2) is 8.69. The summed E-state index contributed by atoms with van der Waals surface area (Å²) in [5.41, 5.74) is 1.17. The minimum atomic E-state index is -0.474. The number of nitrogens with one attached hydrogen (secondary N) is 1. The van der Waals surface area contributed by atoms with Crippen LogP contribution in [0.15, 0.2) is 36.4 Å². The maximum absolute atomic E-state index is 12.0. The summed E-state index contributed by atoms with van der Waals surface area (Å²) in [5, 5.41) is 14.4. The summed E-state index contributed by atoms with van der Waals surface area (Å²) in [5.74, 6) is 0.320. The fourth-order valence-electron chi connectivity index (χ4n) is 2.12. The van der Waals surface area contributed by atoms with Crippen LogP contribution >= 0.6 is 23.2 Å². The van der Waals surface area contributed by atoms with Crippen molar-refractivity contribution in [3.8, 4) is 5.75 Å². The number of carbonyl (C=O) groups is 1. The third kappa shape index (κ3) is 5.62. The summed E-state index contributed by atoms with van der Waals surface area (Å²) in [6.07, 6.45) is 0.748. The Morgan fingerprint density at radius 3 is 2.64 bits per heavy atom. The monoisotopic (exact) mass is 382 g/mol. The van der Waals surface area contributed by atoms with Gasteiger partial charge in [0.2, 0.25) is 5.91 Å². The van der Waals surface area contributed by atoms with Gasteiger partial charge in [-0.25, -0.2) is 0 Å².